The summed E-state index contributed by atoms with van der Waals surface area (Å²) >= 11 is 0. The quantitative estimate of drug-likeness (QED) is 0.551. The van der Waals surface area contributed by atoms with E-state index in [2.05, 4.69) is 22.5 Å². The zero-order chi connectivity index (χ0) is 23.8. The fraction of sp³-hybridized carbons (Fsp3) is 0.423. The van der Waals surface area contributed by atoms with Crippen LogP contribution in [0.15, 0.2) is 42.6 Å². The molecule has 2 aromatic heterocycles. The predicted octanol–water partition coefficient (Wildman–Crippen LogP) is 4.95. The number of aliphatic carboxylic acids is 1. The van der Waals surface area contributed by atoms with Crippen molar-refractivity contribution in [3.63, 3.8) is 0 Å². The zero-order valence-electron chi connectivity index (χ0n) is 19.3. The molecule has 1 aliphatic rings. The smallest absolute Gasteiger partial charge is 0.309 e. The van der Waals surface area contributed by atoms with Gasteiger partial charge in [0.15, 0.2) is 0 Å². The average Bonchev–Trinajstić information content (AvgIpc) is 3.07. The van der Waals surface area contributed by atoms with E-state index in [9.17, 15) is 19.1 Å². The topological polar surface area (TPSA) is 75.4 Å². The Morgan fingerprint density at radius 3 is 2.76 bits per heavy atom. The van der Waals surface area contributed by atoms with E-state index in [0.29, 0.717) is 38.9 Å². The van der Waals surface area contributed by atoms with Gasteiger partial charge in [-0.15, -0.1) is 0 Å². The number of carbonyl (C=O) groups excluding carboxylic acids is 1. The summed E-state index contributed by atoms with van der Waals surface area (Å²) in [6.45, 7) is 7.04. The number of hydrogen-bond acceptors (Lipinski definition) is 3. The van der Waals surface area contributed by atoms with Crippen LogP contribution in [0, 0.1) is 11.2 Å². The van der Waals surface area contributed by atoms with Crippen molar-refractivity contribution in [2.75, 3.05) is 6.54 Å². The number of aromatic nitrogens is 2. The van der Waals surface area contributed by atoms with Gasteiger partial charge in [0.25, 0.3) is 0 Å². The van der Waals surface area contributed by atoms with E-state index in [1.165, 1.54) is 17.7 Å². The lowest BCUT2D eigenvalue weighted by molar-refractivity contribution is -0.147. The lowest BCUT2D eigenvalue weighted by atomic mass is 9.87. The van der Waals surface area contributed by atoms with E-state index in [1.54, 1.807) is 26.1 Å². The number of halogens is 1. The normalized spacial score (nSPS) is 16.1. The summed E-state index contributed by atoms with van der Waals surface area (Å²) < 4.78 is 15.9. The van der Waals surface area contributed by atoms with E-state index in [4.69, 9.17) is 0 Å². The van der Waals surface area contributed by atoms with Crippen LogP contribution in [-0.4, -0.2) is 38.0 Å². The number of benzene rings is 1. The Kier molecular flexibility index (Phi) is 6.23. The molecule has 7 heteroatoms. The van der Waals surface area contributed by atoms with Crippen molar-refractivity contribution in [3.05, 3.63) is 65.2 Å². The first kappa shape index (κ1) is 23.0. The second-order valence-corrected chi connectivity index (χ2v) is 9.67. The summed E-state index contributed by atoms with van der Waals surface area (Å²) in [5.41, 5.74) is 3.08. The molecule has 0 saturated carbocycles. The summed E-state index contributed by atoms with van der Waals surface area (Å²) in [4.78, 5) is 30.9. The van der Waals surface area contributed by atoms with Crippen LogP contribution >= 0.6 is 0 Å². The van der Waals surface area contributed by atoms with E-state index in [0.717, 1.165) is 22.3 Å². The van der Waals surface area contributed by atoms with Crippen LogP contribution in [0.2, 0.25) is 0 Å². The van der Waals surface area contributed by atoms with E-state index in [1.807, 2.05) is 17.0 Å². The van der Waals surface area contributed by atoms with E-state index in [-0.39, 0.29) is 17.6 Å². The predicted molar refractivity (Wildman–Crippen MR) is 124 cm³/mol. The Morgan fingerprint density at radius 1 is 1.24 bits per heavy atom. The molecule has 0 bridgehead atoms. The fourth-order valence-corrected chi connectivity index (χ4v) is 4.76. The van der Waals surface area contributed by atoms with E-state index >= 15 is 0 Å². The summed E-state index contributed by atoms with van der Waals surface area (Å²) in [6, 6.07) is 10.5. The molecule has 3 heterocycles. The highest BCUT2D eigenvalue weighted by atomic mass is 19.1. The van der Waals surface area contributed by atoms with Gasteiger partial charge in [-0.05, 0) is 62.1 Å². The van der Waals surface area contributed by atoms with Crippen LogP contribution in [0.3, 0.4) is 0 Å². The van der Waals surface area contributed by atoms with Gasteiger partial charge in [0.1, 0.15) is 11.5 Å². The van der Waals surface area contributed by atoms with Crippen molar-refractivity contribution in [1.29, 1.82) is 0 Å². The van der Waals surface area contributed by atoms with Gasteiger partial charge in [-0.3, -0.25) is 9.59 Å². The number of nitrogens with zero attached hydrogens (tertiary/aromatic N) is 3. The molecule has 6 nitrogen and oxygen atoms in total. The molecule has 0 spiro atoms. The minimum absolute atomic E-state index is 0.0317. The molecule has 33 heavy (non-hydrogen) atoms. The highest BCUT2D eigenvalue weighted by Crippen LogP contribution is 2.37. The number of fused-ring (bicyclic) bond motifs is 3. The van der Waals surface area contributed by atoms with Crippen molar-refractivity contribution in [3.8, 4) is 0 Å². The minimum atomic E-state index is -0.847. The average molecular weight is 452 g/mol. The first-order chi connectivity index (χ1) is 15.7. The lowest BCUT2D eigenvalue weighted by Crippen LogP contribution is -2.38. The largest absolute Gasteiger partial charge is 0.481 e. The van der Waals surface area contributed by atoms with Crippen molar-refractivity contribution in [2.24, 2.45) is 5.41 Å². The van der Waals surface area contributed by atoms with Gasteiger partial charge in [0.05, 0.1) is 12.0 Å². The molecule has 0 fully saturated rings. The fourth-order valence-electron chi connectivity index (χ4n) is 4.76. The summed E-state index contributed by atoms with van der Waals surface area (Å²) in [5.74, 6) is -0.960. The lowest BCUT2D eigenvalue weighted by Gasteiger charge is -2.33. The monoisotopic (exact) mass is 451 g/mol. The molecule has 1 atom stereocenters. The van der Waals surface area contributed by atoms with Crippen LogP contribution in [0.5, 0.6) is 0 Å². The van der Waals surface area contributed by atoms with Crippen LogP contribution in [-0.2, 0) is 22.7 Å². The van der Waals surface area contributed by atoms with Gasteiger partial charge in [-0.1, -0.05) is 19.1 Å². The zero-order valence-corrected chi connectivity index (χ0v) is 19.3. The summed E-state index contributed by atoms with van der Waals surface area (Å²) in [7, 11) is 0. The Balaban J connectivity index is 1.60. The van der Waals surface area contributed by atoms with Gasteiger partial charge >= 0.3 is 5.97 Å². The molecular weight excluding hydrogens is 421 g/mol. The number of carbonyl (C=O) groups is 2. The van der Waals surface area contributed by atoms with Crippen LogP contribution in [0.4, 0.5) is 4.39 Å². The molecule has 0 aliphatic carbocycles. The standard InChI is InChI=1S/C26H30FN3O3/c1-17-14-29(22(31)10-5-11-26(2,3)25(32)33)16-21-23(17)20-9-6-12-28-24(20)30(21)15-18-7-4-8-19(27)13-18/h4,6-9,12-13,17H,5,10-11,14-16H2,1-3H3,(H,32,33). The number of amides is 1. The van der Waals surface area contributed by atoms with Gasteiger partial charge in [-0.2, -0.15) is 0 Å². The Hall–Kier alpha value is -3.22. The van der Waals surface area contributed by atoms with Gasteiger partial charge < -0.3 is 14.6 Å². The van der Waals surface area contributed by atoms with E-state index < -0.39 is 11.4 Å². The number of pyridine rings is 1. The highest BCUT2D eigenvalue weighted by Gasteiger charge is 2.32. The molecule has 1 aromatic carbocycles. The minimum Gasteiger partial charge on any atom is -0.481 e. The van der Waals surface area contributed by atoms with Gasteiger partial charge in [0, 0.05) is 42.7 Å². The molecule has 3 aromatic rings. The Bertz CT molecular complexity index is 1200. The maximum atomic E-state index is 13.8. The van der Waals surface area contributed by atoms with Gasteiger partial charge in [0.2, 0.25) is 5.91 Å². The third-order valence-electron chi connectivity index (χ3n) is 6.65. The Labute approximate surface area is 193 Å². The second-order valence-electron chi connectivity index (χ2n) is 9.67. The van der Waals surface area contributed by atoms with Crippen molar-refractivity contribution >= 4 is 22.9 Å². The van der Waals surface area contributed by atoms with Crippen molar-refractivity contribution in [1.82, 2.24) is 14.5 Å². The van der Waals surface area contributed by atoms with Crippen molar-refractivity contribution < 1.29 is 19.1 Å². The number of carboxylic acid groups (broad SMARTS) is 1. The molecule has 4 rings (SSSR count). The van der Waals surface area contributed by atoms with Crippen LogP contribution < -0.4 is 0 Å². The molecule has 1 N–H and O–H groups in total. The van der Waals surface area contributed by atoms with Crippen molar-refractivity contribution in [2.45, 2.75) is 59.0 Å². The number of rotatable bonds is 7. The maximum Gasteiger partial charge on any atom is 0.309 e. The van der Waals surface area contributed by atoms with Crippen LogP contribution in [0.1, 0.15) is 62.8 Å². The Morgan fingerprint density at radius 2 is 2.03 bits per heavy atom. The van der Waals surface area contributed by atoms with Crippen LogP contribution in [0.25, 0.3) is 11.0 Å². The number of hydrogen-bond donors (Lipinski definition) is 1. The third kappa shape index (κ3) is 4.63. The maximum absolute atomic E-state index is 13.8. The molecule has 1 aliphatic heterocycles. The molecule has 0 radical (unpaired) electrons. The molecular formula is C26H30FN3O3. The van der Waals surface area contributed by atoms with Gasteiger partial charge in [-0.25, -0.2) is 9.37 Å². The summed E-state index contributed by atoms with van der Waals surface area (Å²) in [5, 5.41) is 10.4. The highest BCUT2D eigenvalue weighted by molar-refractivity contribution is 5.84. The third-order valence-corrected chi connectivity index (χ3v) is 6.65. The molecule has 174 valence electrons. The SMILES string of the molecule is CC1CN(C(=O)CCCC(C)(C)C(=O)O)Cc2c1c1cccnc1n2Cc1cccc(F)c1. The molecule has 1 unspecified atom stereocenters. The molecule has 0 saturated heterocycles. The first-order valence-electron chi connectivity index (χ1n) is 11.4. The first-order valence-corrected chi connectivity index (χ1v) is 11.4. The number of carboxylic acids is 1. The summed E-state index contributed by atoms with van der Waals surface area (Å²) in [6.07, 6.45) is 3.06. The second kappa shape index (κ2) is 8.96. The molecule has 1 amide bonds.